The third kappa shape index (κ3) is 4.91. The molecule has 0 spiro atoms. The Bertz CT molecular complexity index is 72.9. The molecule has 34 valence electrons. The summed E-state index contributed by atoms with van der Waals surface area (Å²) < 4.78 is 0. The Labute approximate surface area is 54.5 Å². The normalized spacial score (nSPS) is 7.83. The zero-order valence-corrected chi connectivity index (χ0v) is 7.05. The monoisotopic (exact) mass is 228 g/mol. The van der Waals surface area contributed by atoms with Crippen LogP contribution in [0.3, 0.4) is 0 Å². The van der Waals surface area contributed by atoms with Crippen LogP contribution in [0.15, 0.2) is 18.1 Å². The van der Waals surface area contributed by atoms with Gasteiger partial charge in [0.1, 0.15) is 0 Å². The standard InChI is InChI=1S/C3H3Br2P/c1-2-3-6(4)5/h3H,1H2. The minimum Gasteiger partial charge on any atom is -0.127 e. The van der Waals surface area contributed by atoms with E-state index in [0.717, 1.165) is 0 Å². The number of hydrogen-bond acceptors (Lipinski definition) is 0. The molecule has 0 unspecified atom stereocenters. The second-order valence-electron chi connectivity index (χ2n) is 0.592. The van der Waals surface area contributed by atoms with E-state index in [-0.39, 0.29) is 5.33 Å². The lowest BCUT2D eigenvalue weighted by Gasteiger charge is -1.78. The lowest BCUT2D eigenvalue weighted by molar-refractivity contribution is 2.44. The number of halogens is 2. The molecule has 0 aliphatic rings. The van der Waals surface area contributed by atoms with Gasteiger partial charge in [0.05, 0.1) is 5.33 Å². The van der Waals surface area contributed by atoms with Crippen molar-refractivity contribution in [3.63, 3.8) is 0 Å². The Hall–Kier alpha value is 0.910. The second-order valence-corrected chi connectivity index (χ2v) is 8.81. The van der Waals surface area contributed by atoms with Crippen molar-refractivity contribution in [3.05, 3.63) is 18.1 Å². The van der Waals surface area contributed by atoms with E-state index in [1.54, 1.807) is 0 Å². The van der Waals surface area contributed by atoms with E-state index in [2.05, 4.69) is 43.3 Å². The topological polar surface area (TPSA) is 0 Å². The van der Waals surface area contributed by atoms with E-state index < -0.39 is 0 Å². The van der Waals surface area contributed by atoms with Gasteiger partial charge in [-0.25, -0.2) is 0 Å². The summed E-state index contributed by atoms with van der Waals surface area (Å²) in [6, 6.07) is 0. The summed E-state index contributed by atoms with van der Waals surface area (Å²) in [6.07, 6.45) is 0. The number of hydrogen-bond donors (Lipinski definition) is 0. The second kappa shape index (κ2) is 4.08. The third-order valence-corrected chi connectivity index (χ3v) is 1.80. The molecule has 0 bridgehead atoms. The van der Waals surface area contributed by atoms with Gasteiger partial charge in [0.2, 0.25) is 0 Å². The maximum Gasteiger partial charge on any atom is 0.0659 e. The van der Waals surface area contributed by atoms with Crippen LogP contribution in [0.1, 0.15) is 0 Å². The molecule has 0 rings (SSSR count). The molecule has 0 atom stereocenters. The lowest BCUT2D eigenvalue weighted by Crippen LogP contribution is -1.23. The summed E-state index contributed by atoms with van der Waals surface area (Å²) in [5, 5.41) is -0.274. The maximum absolute atomic E-state index is 3.38. The highest BCUT2D eigenvalue weighted by molar-refractivity contribution is 9.69. The van der Waals surface area contributed by atoms with Crippen LogP contribution in [0.25, 0.3) is 0 Å². The average molecular weight is 230 g/mol. The van der Waals surface area contributed by atoms with Crippen molar-refractivity contribution in [2.24, 2.45) is 0 Å². The zero-order chi connectivity index (χ0) is 4.99. The van der Waals surface area contributed by atoms with Gasteiger partial charge in [0.15, 0.2) is 0 Å². The van der Waals surface area contributed by atoms with Crippen molar-refractivity contribution in [1.82, 2.24) is 0 Å². The van der Waals surface area contributed by atoms with E-state index in [1.807, 2.05) is 5.82 Å². The van der Waals surface area contributed by atoms with E-state index in [4.69, 9.17) is 0 Å². The Morgan fingerprint density at radius 3 is 2.17 bits per heavy atom. The first-order valence-corrected chi connectivity index (χ1v) is 6.69. The van der Waals surface area contributed by atoms with Crippen molar-refractivity contribution in [2.75, 3.05) is 0 Å². The summed E-state index contributed by atoms with van der Waals surface area (Å²) in [5.74, 6) is 1.83. The van der Waals surface area contributed by atoms with Gasteiger partial charge >= 0.3 is 0 Å². The molecule has 0 aromatic rings. The number of rotatable bonds is 1. The molecule has 0 nitrogen and oxygen atoms in total. The smallest absolute Gasteiger partial charge is 0.0659 e. The quantitative estimate of drug-likeness (QED) is 0.478. The minimum absolute atomic E-state index is 0.274. The first kappa shape index (κ1) is 6.91. The van der Waals surface area contributed by atoms with Crippen molar-refractivity contribution >= 4 is 36.3 Å². The largest absolute Gasteiger partial charge is 0.127 e. The average Bonchev–Trinajstić information content (AvgIpc) is 1.35. The Morgan fingerprint density at radius 1 is 1.67 bits per heavy atom. The molecule has 0 aromatic heterocycles. The van der Waals surface area contributed by atoms with Gasteiger partial charge in [0, 0.05) is 5.82 Å². The fourth-order valence-electron chi connectivity index (χ4n) is 0.0690. The highest BCUT2D eigenvalue weighted by Gasteiger charge is 1.81. The van der Waals surface area contributed by atoms with Gasteiger partial charge in [-0.05, 0) is 31.0 Å². The molecule has 0 heterocycles. The molecule has 6 heavy (non-hydrogen) atoms. The molecule has 3 heteroatoms. The van der Waals surface area contributed by atoms with Crippen LogP contribution in [0.4, 0.5) is 0 Å². The van der Waals surface area contributed by atoms with E-state index in [9.17, 15) is 0 Å². The van der Waals surface area contributed by atoms with Gasteiger partial charge < -0.3 is 0 Å². The van der Waals surface area contributed by atoms with E-state index in [0.29, 0.717) is 0 Å². The Kier molecular flexibility index (Phi) is 4.70. The summed E-state index contributed by atoms with van der Waals surface area (Å²) in [7, 11) is 0. The van der Waals surface area contributed by atoms with Gasteiger partial charge in [-0.3, -0.25) is 0 Å². The summed E-state index contributed by atoms with van der Waals surface area (Å²) in [4.78, 5) is 0. The molecular formula is C3H3Br2P. The van der Waals surface area contributed by atoms with Crippen molar-refractivity contribution < 1.29 is 0 Å². The van der Waals surface area contributed by atoms with Crippen molar-refractivity contribution in [2.45, 2.75) is 0 Å². The van der Waals surface area contributed by atoms with Gasteiger partial charge in [-0.2, -0.15) is 0 Å². The highest BCUT2D eigenvalue weighted by Crippen LogP contribution is 2.52. The van der Waals surface area contributed by atoms with E-state index in [1.165, 1.54) is 0 Å². The molecule has 0 aliphatic heterocycles. The summed E-state index contributed by atoms with van der Waals surface area (Å²) >= 11 is 6.52. The SMILES string of the molecule is C=C=CP(Br)Br. The van der Waals surface area contributed by atoms with Crippen LogP contribution in [-0.2, 0) is 0 Å². The summed E-state index contributed by atoms with van der Waals surface area (Å²) in [6.45, 7) is 3.38. The fraction of sp³-hybridized carbons (Fsp3) is 0. The molecule has 0 saturated carbocycles. The Morgan fingerprint density at radius 2 is 2.17 bits per heavy atom. The Balaban J connectivity index is 3.29. The first-order chi connectivity index (χ1) is 2.77. The van der Waals surface area contributed by atoms with Crippen molar-refractivity contribution in [1.29, 1.82) is 0 Å². The van der Waals surface area contributed by atoms with Crippen LogP contribution in [0, 0.1) is 0 Å². The molecule has 0 aromatic carbocycles. The van der Waals surface area contributed by atoms with Crippen molar-refractivity contribution in [3.8, 4) is 0 Å². The fourth-order valence-corrected chi connectivity index (χ4v) is 1.08. The molecular weight excluding hydrogens is 227 g/mol. The van der Waals surface area contributed by atoms with Crippen LogP contribution >= 0.6 is 36.3 Å². The van der Waals surface area contributed by atoms with Crippen LogP contribution in [0.2, 0.25) is 0 Å². The molecule has 0 fully saturated rings. The van der Waals surface area contributed by atoms with Crippen LogP contribution in [0.5, 0.6) is 0 Å². The zero-order valence-electron chi connectivity index (χ0n) is 2.99. The van der Waals surface area contributed by atoms with Crippen LogP contribution in [-0.4, -0.2) is 0 Å². The summed E-state index contributed by atoms with van der Waals surface area (Å²) in [5.41, 5.74) is 2.63. The predicted octanol–water partition coefficient (Wildman–Crippen LogP) is 3.39. The lowest BCUT2D eigenvalue weighted by atomic mass is 11.0. The highest BCUT2D eigenvalue weighted by atomic mass is 79.9. The molecule has 0 amide bonds. The third-order valence-electron chi connectivity index (χ3n) is 0.189. The van der Waals surface area contributed by atoms with Gasteiger partial charge in [0.25, 0.3) is 0 Å². The van der Waals surface area contributed by atoms with Gasteiger partial charge in [-0.1, -0.05) is 6.58 Å². The van der Waals surface area contributed by atoms with Gasteiger partial charge in [-0.15, -0.1) is 5.73 Å². The first-order valence-electron chi connectivity index (χ1n) is 1.24. The molecule has 0 aliphatic carbocycles. The molecule has 0 N–H and O–H groups in total. The van der Waals surface area contributed by atoms with E-state index >= 15 is 0 Å². The molecule has 0 saturated heterocycles. The minimum atomic E-state index is -0.274. The maximum atomic E-state index is 3.38. The van der Waals surface area contributed by atoms with Crippen LogP contribution < -0.4 is 0 Å². The molecule has 0 radical (unpaired) electrons. The predicted molar refractivity (Wildman–Crippen MR) is 38.5 cm³/mol.